The minimum absolute atomic E-state index is 0.0168. The van der Waals surface area contributed by atoms with Gasteiger partial charge in [0.2, 0.25) is 5.91 Å². The summed E-state index contributed by atoms with van der Waals surface area (Å²) in [6, 6.07) is 8.53. The number of pyridine rings is 2. The zero-order chi connectivity index (χ0) is 25.5. The molecule has 2 aliphatic rings. The van der Waals surface area contributed by atoms with E-state index in [2.05, 4.69) is 50.7 Å². The molecule has 0 spiro atoms. The average molecular weight is 519 g/mol. The normalized spacial score (nSPS) is 18.0. The summed E-state index contributed by atoms with van der Waals surface area (Å²) in [7, 11) is 2.13. The number of anilines is 1. The molecule has 3 aromatic heterocycles. The standard InChI is InChI=1S/C29H38N6OS/c1-34-18-11-22(12-19-34)32-29(36)9-7-23-6-8-28(37-23)27-20-26(24-21-30-14-10-25(24)33-27)31-13-5-17-35-15-3-2-4-16-35/h6-10,14,20-22H,2-5,11-13,15-19H2,1H3,(H,31,33)(H,32,36)/b9-7+. The van der Waals surface area contributed by atoms with E-state index in [0.29, 0.717) is 0 Å². The highest BCUT2D eigenvalue weighted by atomic mass is 32.1. The van der Waals surface area contributed by atoms with Gasteiger partial charge in [0, 0.05) is 47.0 Å². The number of hydrogen-bond donors (Lipinski definition) is 2. The van der Waals surface area contributed by atoms with Crippen LogP contribution in [0.5, 0.6) is 0 Å². The van der Waals surface area contributed by atoms with Gasteiger partial charge in [0.25, 0.3) is 0 Å². The number of thiophene rings is 1. The Labute approximate surface area is 224 Å². The summed E-state index contributed by atoms with van der Waals surface area (Å²) in [6.07, 6.45) is 14.4. The van der Waals surface area contributed by atoms with Gasteiger partial charge in [0.05, 0.1) is 16.1 Å². The molecule has 5 heterocycles. The summed E-state index contributed by atoms with van der Waals surface area (Å²) in [5.41, 5.74) is 2.96. The molecule has 2 saturated heterocycles. The third-order valence-electron chi connectivity index (χ3n) is 7.37. The third kappa shape index (κ3) is 7.15. The number of carbonyl (C=O) groups is 1. The SMILES string of the molecule is CN1CCC(NC(=O)/C=C/c2ccc(-c3cc(NCCCN4CCCCC4)c4cnccc4n3)s2)CC1. The van der Waals surface area contributed by atoms with Crippen LogP contribution in [-0.2, 0) is 4.79 Å². The van der Waals surface area contributed by atoms with Crippen LogP contribution in [0.25, 0.3) is 27.6 Å². The van der Waals surface area contributed by atoms with E-state index >= 15 is 0 Å². The average Bonchev–Trinajstić information content (AvgIpc) is 3.41. The first-order valence-electron chi connectivity index (χ1n) is 13.6. The molecule has 0 aromatic carbocycles. The number of piperidine rings is 2. The minimum atomic E-state index is -0.0168. The largest absolute Gasteiger partial charge is 0.384 e. The lowest BCUT2D eigenvalue weighted by Crippen LogP contribution is -2.42. The lowest BCUT2D eigenvalue weighted by molar-refractivity contribution is -0.117. The second-order valence-corrected chi connectivity index (χ2v) is 11.4. The van der Waals surface area contributed by atoms with Crippen molar-refractivity contribution < 1.29 is 4.79 Å². The van der Waals surface area contributed by atoms with Crippen molar-refractivity contribution in [3.63, 3.8) is 0 Å². The molecule has 5 rings (SSSR count). The van der Waals surface area contributed by atoms with Gasteiger partial charge in [-0.05, 0) is 102 Å². The maximum atomic E-state index is 12.4. The molecule has 0 radical (unpaired) electrons. The van der Waals surface area contributed by atoms with Crippen LogP contribution < -0.4 is 10.6 Å². The second kappa shape index (κ2) is 12.6. The van der Waals surface area contributed by atoms with Gasteiger partial charge in [-0.25, -0.2) is 4.98 Å². The molecule has 2 aliphatic heterocycles. The maximum absolute atomic E-state index is 12.4. The smallest absolute Gasteiger partial charge is 0.244 e. The van der Waals surface area contributed by atoms with Crippen LogP contribution in [-0.4, -0.2) is 78.0 Å². The number of fused-ring (bicyclic) bond motifs is 1. The molecule has 3 aromatic rings. The number of likely N-dealkylation sites (tertiary alicyclic amines) is 2. The first kappa shape index (κ1) is 25.8. The molecule has 7 nitrogen and oxygen atoms in total. The first-order chi connectivity index (χ1) is 18.1. The van der Waals surface area contributed by atoms with E-state index < -0.39 is 0 Å². The lowest BCUT2D eigenvalue weighted by Gasteiger charge is -2.29. The molecule has 2 N–H and O–H groups in total. The van der Waals surface area contributed by atoms with Gasteiger partial charge in [-0.2, -0.15) is 0 Å². The molecule has 0 bridgehead atoms. The van der Waals surface area contributed by atoms with Crippen LogP contribution in [0.1, 0.15) is 43.4 Å². The van der Waals surface area contributed by atoms with Crippen molar-refractivity contribution in [3.8, 4) is 10.6 Å². The topological polar surface area (TPSA) is 73.4 Å². The Balaban J connectivity index is 1.22. The Morgan fingerprint density at radius 2 is 1.97 bits per heavy atom. The van der Waals surface area contributed by atoms with Crippen LogP contribution >= 0.6 is 11.3 Å². The van der Waals surface area contributed by atoms with Gasteiger partial charge in [-0.1, -0.05) is 6.42 Å². The zero-order valence-corrected chi connectivity index (χ0v) is 22.6. The van der Waals surface area contributed by atoms with Crippen molar-refractivity contribution in [1.29, 1.82) is 0 Å². The van der Waals surface area contributed by atoms with Crippen molar-refractivity contribution in [3.05, 3.63) is 47.6 Å². The molecule has 1 amide bonds. The predicted octanol–water partition coefficient (Wildman–Crippen LogP) is 4.87. The van der Waals surface area contributed by atoms with E-state index in [4.69, 9.17) is 4.98 Å². The van der Waals surface area contributed by atoms with Crippen LogP contribution in [0, 0.1) is 0 Å². The predicted molar refractivity (Wildman–Crippen MR) is 154 cm³/mol. The van der Waals surface area contributed by atoms with Crippen molar-refractivity contribution in [2.45, 2.75) is 44.6 Å². The number of amides is 1. The molecule has 2 fully saturated rings. The summed E-state index contributed by atoms with van der Waals surface area (Å²) in [5.74, 6) is -0.0168. The number of carbonyl (C=O) groups excluding carboxylic acids is 1. The Morgan fingerprint density at radius 3 is 2.81 bits per heavy atom. The summed E-state index contributed by atoms with van der Waals surface area (Å²) in [5, 5.41) is 7.85. The number of hydrogen-bond acceptors (Lipinski definition) is 7. The van der Waals surface area contributed by atoms with E-state index in [-0.39, 0.29) is 11.9 Å². The van der Waals surface area contributed by atoms with Crippen molar-refractivity contribution in [1.82, 2.24) is 25.1 Å². The van der Waals surface area contributed by atoms with Crippen LogP contribution in [0.15, 0.2) is 42.7 Å². The van der Waals surface area contributed by atoms with Gasteiger partial charge in [-0.3, -0.25) is 9.78 Å². The number of rotatable bonds is 9. The molecule has 8 heteroatoms. The van der Waals surface area contributed by atoms with E-state index in [1.807, 2.05) is 18.3 Å². The highest BCUT2D eigenvalue weighted by molar-refractivity contribution is 7.16. The molecule has 196 valence electrons. The maximum Gasteiger partial charge on any atom is 0.244 e. The summed E-state index contributed by atoms with van der Waals surface area (Å²) >= 11 is 1.65. The number of nitrogens with zero attached hydrogens (tertiary/aromatic N) is 4. The van der Waals surface area contributed by atoms with E-state index in [1.165, 1.54) is 32.4 Å². The monoisotopic (exact) mass is 518 g/mol. The highest BCUT2D eigenvalue weighted by Crippen LogP contribution is 2.32. The second-order valence-electron chi connectivity index (χ2n) is 10.3. The molecular formula is C29H38N6OS. The quantitative estimate of drug-likeness (QED) is 0.311. The molecular weight excluding hydrogens is 480 g/mol. The van der Waals surface area contributed by atoms with Crippen LogP contribution in [0.2, 0.25) is 0 Å². The van der Waals surface area contributed by atoms with Gasteiger partial charge < -0.3 is 20.4 Å². The van der Waals surface area contributed by atoms with Gasteiger partial charge in [-0.15, -0.1) is 11.3 Å². The Bertz CT molecular complexity index is 1210. The summed E-state index contributed by atoms with van der Waals surface area (Å²) in [4.78, 5) is 28.7. The van der Waals surface area contributed by atoms with Crippen LogP contribution in [0.3, 0.4) is 0 Å². The highest BCUT2D eigenvalue weighted by Gasteiger charge is 2.17. The zero-order valence-electron chi connectivity index (χ0n) is 21.8. The molecule has 0 aliphatic carbocycles. The lowest BCUT2D eigenvalue weighted by atomic mass is 10.1. The van der Waals surface area contributed by atoms with Crippen molar-refractivity contribution >= 4 is 39.9 Å². The number of nitrogens with one attached hydrogen (secondary N) is 2. The van der Waals surface area contributed by atoms with E-state index in [9.17, 15) is 4.79 Å². The van der Waals surface area contributed by atoms with Crippen LogP contribution in [0.4, 0.5) is 5.69 Å². The van der Waals surface area contributed by atoms with Crippen molar-refractivity contribution in [2.24, 2.45) is 0 Å². The fraction of sp³-hybridized carbons (Fsp3) is 0.483. The number of aromatic nitrogens is 2. The molecule has 37 heavy (non-hydrogen) atoms. The summed E-state index contributed by atoms with van der Waals surface area (Å²) < 4.78 is 0. The first-order valence-corrected chi connectivity index (χ1v) is 14.4. The van der Waals surface area contributed by atoms with Gasteiger partial charge in [0.1, 0.15) is 0 Å². The molecule has 0 atom stereocenters. The van der Waals surface area contributed by atoms with Gasteiger partial charge >= 0.3 is 0 Å². The molecule has 0 unspecified atom stereocenters. The van der Waals surface area contributed by atoms with Crippen molar-refractivity contribution in [2.75, 3.05) is 51.6 Å². The van der Waals surface area contributed by atoms with Gasteiger partial charge in [0.15, 0.2) is 0 Å². The fourth-order valence-electron chi connectivity index (χ4n) is 5.19. The van der Waals surface area contributed by atoms with E-state index in [1.54, 1.807) is 23.6 Å². The van der Waals surface area contributed by atoms with E-state index in [0.717, 1.165) is 77.5 Å². The minimum Gasteiger partial charge on any atom is -0.384 e. The Kier molecular flexibility index (Phi) is 8.81. The Morgan fingerprint density at radius 1 is 1.14 bits per heavy atom. The third-order valence-corrected chi connectivity index (χ3v) is 8.44. The summed E-state index contributed by atoms with van der Waals surface area (Å²) in [6.45, 7) is 6.62. The molecule has 0 saturated carbocycles. The fourth-order valence-corrected chi connectivity index (χ4v) is 6.06. The Hall–Kier alpha value is -2.81.